The van der Waals surface area contributed by atoms with Crippen LogP contribution in [0.15, 0.2) is 140 Å². The molecule has 5 aromatic carbocycles. The van der Waals surface area contributed by atoms with Crippen molar-refractivity contribution in [2.45, 2.75) is 19.3 Å². The first-order valence-electron chi connectivity index (χ1n) is 14.4. The van der Waals surface area contributed by atoms with Crippen molar-refractivity contribution < 1.29 is 28.6 Å². The van der Waals surface area contributed by atoms with Crippen molar-refractivity contribution in [1.82, 2.24) is 0 Å². The Morgan fingerprint density at radius 1 is 0.628 bits per heavy atom. The van der Waals surface area contributed by atoms with Crippen molar-refractivity contribution in [1.29, 1.82) is 0 Å². The molecule has 0 aliphatic carbocycles. The average Bonchev–Trinajstić information content (AvgIpc) is 3.58. The van der Waals surface area contributed by atoms with E-state index in [1.165, 1.54) is 43.1 Å². The number of halogens is 1. The van der Waals surface area contributed by atoms with Crippen molar-refractivity contribution in [2.75, 3.05) is 11.9 Å². The van der Waals surface area contributed by atoms with E-state index >= 15 is 0 Å². The highest BCUT2D eigenvalue weighted by Crippen LogP contribution is 2.44. The molecule has 6 aromatic rings. The predicted molar refractivity (Wildman–Crippen MR) is 181 cm³/mol. The van der Waals surface area contributed by atoms with Crippen LogP contribution in [-0.4, -0.2) is 17.3 Å². The Hall–Kier alpha value is -4.00. The zero-order valence-corrected chi connectivity index (χ0v) is 27.5. The van der Waals surface area contributed by atoms with Crippen LogP contribution in [0.5, 0.6) is 0 Å². The lowest BCUT2D eigenvalue weighted by atomic mass is 9.79. The summed E-state index contributed by atoms with van der Waals surface area (Å²) in [5.74, 6) is 0. The molecule has 1 aromatic heterocycles. The van der Waals surface area contributed by atoms with Gasteiger partial charge in [-0.25, -0.2) is 0 Å². The molecular weight excluding hydrogens is 655 g/mol. The fourth-order valence-corrected chi connectivity index (χ4v) is 7.24. The summed E-state index contributed by atoms with van der Waals surface area (Å²) in [4.78, 5) is 4.82. The fourth-order valence-electron chi connectivity index (χ4n) is 6.33. The van der Waals surface area contributed by atoms with Crippen LogP contribution in [0, 0.1) is 0 Å². The van der Waals surface area contributed by atoms with E-state index < -0.39 is 0 Å². The third-order valence-corrected chi connectivity index (χ3v) is 9.47. The number of benzene rings is 5. The lowest BCUT2D eigenvalue weighted by Gasteiger charge is -2.25. The van der Waals surface area contributed by atoms with Crippen molar-refractivity contribution in [3.05, 3.63) is 150 Å². The smallest absolute Gasteiger partial charge is 0.210 e. The lowest BCUT2D eigenvalue weighted by Crippen LogP contribution is -3.00. The largest absolute Gasteiger partial charge is 1.00 e. The molecule has 4 heteroatoms. The highest BCUT2D eigenvalue weighted by molar-refractivity contribution is 7.16. The van der Waals surface area contributed by atoms with Gasteiger partial charge in [0.2, 0.25) is 5.69 Å². The van der Waals surface area contributed by atoms with Gasteiger partial charge in [-0.1, -0.05) is 72.8 Å². The zero-order valence-electron chi connectivity index (χ0n) is 24.5. The summed E-state index contributed by atoms with van der Waals surface area (Å²) in [6, 6.07) is 47.7. The van der Waals surface area contributed by atoms with Gasteiger partial charge in [0.25, 0.3) is 0 Å². The first kappa shape index (κ1) is 29.1. The van der Waals surface area contributed by atoms with Gasteiger partial charge in [-0.15, -0.1) is 11.3 Å². The monoisotopic (exact) mass is 688 g/mol. The summed E-state index contributed by atoms with van der Waals surface area (Å²) in [5.41, 5.74) is 8.60. The average molecular weight is 689 g/mol. The summed E-state index contributed by atoms with van der Waals surface area (Å²) in [6.07, 6.45) is 4.59. The van der Waals surface area contributed by atoms with Gasteiger partial charge in [-0.3, -0.25) is 0 Å². The predicted octanol–water partition coefficient (Wildman–Crippen LogP) is 7.76. The molecule has 0 saturated heterocycles. The van der Waals surface area contributed by atoms with Gasteiger partial charge in [-0.05, 0) is 90.9 Å². The van der Waals surface area contributed by atoms with E-state index in [9.17, 15) is 0 Å². The van der Waals surface area contributed by atoms with Gasteiger partial charge in [0.1, 0.15) is 7.05 Å². The minimum atomic E-state index is -0.0826. The van der Waals surface area contributed by atoms with Crippen molar-refractivity contribution >= 4 is 56.6 Å². The molecule has 1 aliphatic heterocycles. The highest BCUT2D eigenvalue weighted by Gasteiger charge is 2.44. The third kappa shape index (κ3) is 5.34. The van der Waals surface area contributed by atoms with Gasteiger partial charge >= 0.3 is 0 Å². The zero-order chi connectivity index (χ0) is 28.7. The van der Waals surface area contributed by atoms with E-state index in [2.05, 4.69) is 176 Å². The van der Waals surface area contributed by atoms with Gasteiger partial charge in [0, 0.05) is 44.5 Å². The molecule has 0 spiro atoms. The van der Waals surface area contributed by atoms with Crippen LogP contribution < -0.4 is 28.9 Å². The first-order chi connectivity index (χ1) is 20.5. The van der Waals surface area contributed by atoms with Gasteiger partial charge < -0.3 is 28.9 Å². The topological polar surface area (TPSA) is 6.25 Å². The molecular formula is C39H33IN2S. The maximum Gasteiger partial charge on any atom is 0.210 e. The van der Waals surface area contributed by atoms with Crippen LogP contribution in [0.3, 0.4) is 0 Å². The molecule has 43 heavy (non-hydrogen) atoms. The molecule has 0 fully saturated rings. The maximum atomic E-state index is 2.36. The number of fused-ring (bicyclic) bond motifs is 3. The van der Waals surface area contributed by atoms with Crippen LogP contribution in [-0.2, 0) is 5.41 Å². The number of para-hydroxylation sites is 2. The van der Waals surface area contributed by atoms with E-state index in [-0.39, 0.29) is 29.4 Å². The van der Waals surface area contributed by atoms with Crippen LogP contribution in [0.4, 0.5) is 22.7 Å². The van der Waals surface area contributed by atoms with Crippen LogP contribution in [0.2, 0.25) is 0 Å². The maximum absolute atomic E-state index is 2.36. The molecule has 0 bridgehead atoms. The minimum absolute atomic E-state index is 0. The van der Waals surface area contributed by atoms with Crippen molar-refractivity contribution in [3.63, 3.8) is 0 Å². The summed E-state index contributed by atoms with van der Waals surface area (Å²) in [6.45, 7) is 4.69. The molecule has 7 rings (SSSR count). The van der Waals surface area contributed by atoms with E-state index in [0.717, 1.165) is 17.1 Å². The molecule has 0 unspecified atom stereocenters. The fraction of sp³-hybridized carbons (Fsp3) is 0.103. The van der Waals surface area contributed by atoms with Crippen molar-refractivity contribution in [3.8, 4) is 10.4 Å². The molecule has 1 aliphatic rings. The number of hydrogen-bond acceptors (Lipinski definition) is 2. The Morgan fingerprint density at radius 3 is 1.91 bits per heavy atom. The Labute approximate surface area is 275 Å². The molecule has 2 heterocycles. The van der Waals surface area contributed by atoms with Gasteiger partial charge in [0.15, 0.2) is 5.71 Å². The van der Waals surface area contributed by atoms with Crippen molar-refractivity contribution in [2.24, 2.45) is 0 Å². The number of hydrogen-bond donors (Lipinski definition) is 0. The molecule has 0 amide bonds. The van der Waals surface area contributed by atoms with Gasteiger partial charge in [-0.2, -0.15) is 4.58 Å². The number of rotatable bonds is 6. The Balaban J connectivity index is 0.00000329. The second kappa shape index (κ2) is 11.9. The minimum Gasteiger partial charge on any atom is -1.00 e. The Kier molecular flexibility index (Phi) is 8.08. The van der Waals surface area contributed by atoms with E-state index in [1.807, 2.05) is 11.3 Å². The van der Waals surface area contributed by atoms with E-state index in [0.29, 0.717) is 0 Å². The number of allylic oxidation sites excluding steroid dienone is 1. The van der Waals surface area contributed by atoms with Gasteiger partial charge in [0.05, 0.1) is 5.41 Å². The molecule has 0 atom stereocenters. The molecule has 212 valence electrons. The lowest BCUT2D eigenvalue weighted by molar-refractivity contribution is -0.401. The Bertz CT molecular complexity index is 1910. The third-order valence-electron chi connectivity index (χ3n) is 8.37. The van der Waals surface area contributed by atoms with Crippen LogP contribution >= 0.6 is 11.3 Å². The molecule has 0 N–H and O–H groups in total. The first-order valence-corrected chi connectivity index (χ1v) is 15.2. The normalized spacial score (nSPS) is 13.7. The standard InChI is InChI=1S/C39H33N2S.HI/c1-39(2)37(40(3)35-25-20-28-12-10-11-17-34(28)38(35)39)27-24-33-23-26-36(42-33)29-18-21-32(22-19-29)41(30-13-6-4-7-14-30)31-15-8-5-9-16-31;/h4-27H,1-3H3;1H/q+1;/p-1. The second-order valence-corrected chi connectivity index (χ2v) is 12.5. The quantitative estimate of drug-likeness (QED) is 0.128. The summed E-state index contributed by atoms with van der Waals surface area (Å²) >= 11 is 1.83. The second-order valence-electron chi connectivity index (χ2n) is 11.3. The molecule has 2 nitrogen and oxygen atoms in total. The summed E-state index contributed by atoms with van der Waals surface area (Å²) < 4.78 is 2.36. The molecule has 0 saturated carbocycles. The Morgan fingerprint density at radius 2 is 1.23 bits per heavy atom. The molecule has 0 radical (unpaired) electrons. The summed E-state index contributed by atoms with van der Waals surface area (Å²) in [7, 11) is 2.19. The summed E-state index contributed by atoms with van der Waals surface area (Å²) in [5, 5.41) is 2.64. The van der Waals surface area contributed by atoms with E-state index in [4.69, 9.17) is 0 Å². The number of anilines is 3. The highest BCUT2D eigenvalue weighted by atomic mass is 127. The number of thiophene rings is 1. The van der Waals surface area contributed by atoms with Crippen LogP contribution in [0.1, 0.15) is 24.3 Å². The number of nitrogens with zero attached hydrogens (tertiary/aromatic N) is 2. The SMILES string of the molecule is C[N+]1=C(/C=C/c2ccc(-c3ccc(N(c4ccccc4)c4ccccc4)cc3)s2)C(C)(C)c2c1ccc1ccccc21.[I-]. The van der Waals surface area contributed by atoms with Crippen LogP contribution in [0.25, 0.3) is 27.3 Å². The van der Waals surface area contributed by atoms with E-state index in [1.54, 1.807) is 0 Å².